The van der Waals surface area contributed by atoms with Crippen LogP contribution in [0.1, 0.15) is 27.2 Å². The van der Waals surface area contributed by atoms with Gasteiger partial charge in [-0.15, -0.1) is 11.8 Å². The first-order valence-electron chi connectivity index (χ1n) is 10.6. The van der Waals surface area contributed by atoms with E-state index in [2.05, 4.69) is 5.32 Å². The maximum absolute atomic E-state index is 13.7. The summed E-state index contributed by atoms with van der Waals surface area (Å²) in [4.78, 5) is 41.6. The molecule has 3 aliphatic heterocycles. The molecule has 3 saturated heterocycles. The van der Waals surface area contributed by atoms with E-state index in [1.807, 2.05) is 6.92 Å². The summed E-state index contributed by atoms with van der Waals surface area (Å²) in [5.74, 6) is -2.19. The Labute approximate surface area is 190 Å². The van der Waals surface area contributed by atoms with Gasteiger partial charge < -0.3 is 20.1 Å². The molecule has 2 amide bonds. The quantitative estimate of drug-likeness (QED) is 0.625. The van der Waals surface area contributed by atoms with E-state index < -0.39 is 28.7 Å². The van der Waals surface area contributed by atoms with Crippen molar-refractivity contribution in [1.82, 2.24) is 4.90 Å². The minimum atomic E-state index is -0.826. The summed E-state index contributed by atoms with van der Waals surface area (Å²) in [6.07, 6.45) is 0.731. The zero-order valence-corrected chi connectivity index (χ0v) is 19.3. The molecular weight excluding hydrogens is 440 g/mol. The third-order valence-electron chi connectivity index (χ3n) is 6.86. The van der Waals surface area contributed by atoms with E-state index >= 15 is 0 Å². The van der Waals surface area contributed by atoms with Crippen LogP contribution in [0.3, 0.4) is 0 Å². The van der Waals surface area contributed by atoms with E-state index in [1.54, 1.807) is 49.9 Å². The molecule has 31 heavy (non-hydrogen) atoms. The molecule has 7 atom stereocenters. The normalized spacial score (nSPS) is 34.5. The highest BCUT2D eigenvalue weighted by atomic mass is 35.5. The summed E-state index contributed by atoms with van der Waals surface area (Å²) in [5, 5.41) is 13.1. The van der Waals surface area contributed by atoms with Crippen LogP contribution < -0.4 is 5.32 Å². The van der Waals surface area contributed by atoms with Crippen molar-refractivity contribution in [3.63, 3.8) is 0 Å². The number of amides is 2. The Hall–Kier alpha value is -1.77. The number of aliphatic hydroxyl groups excluding tert-OH is 1. The maximum Gasteiger partial charge on any atom is 0.310 e. The topological polar surface area (TPSA) is 95.9 Å². The van der Waals surface area contributed by atoms with Crippen LogP contribution in [0.4, 0.5) is 5.69 Å². The van der Waals surface area contributed by atoms with Crippen molar-refractivity contribution in [3.05, 3.63) is 29.3 Å². The zero-order valence-electron chi connectivity index (χ0n) is 17.7. The first-order valence-corrected chi connectivity index (χ1v) is 11.9. The van der Waals surface area contributed by atoms with Gasteiger partial charge in [-0.25, -0.2) is 0 Å². The molecule has 7 nitrogen and oxygen atoms in total. The van der Waals surface area contributed by atoms with E-state index in [9.17, 15) is 19.5 Å². The average Bonchev–Trinajstić information content (AvgIpc) is 3.33. The van der Waals surface area contributed by atoms with E-state index in [4.69, 9.17) is 16.3 Å². The first-order chi connectivity index (χ1) is 14.8. The summed E-state index contributed by atoms with van der Waals surface area (Å²) in [5.41, 5.74) is 0.463. The highest BCUT2D eigenvalue weighted by molar-refractivity contribution is 8.02. The molecule has 0 saturated carbocycles. The number of hydrogen-bond acceptors (Lipinski definition) is 6. The largest absolute Gasteiger partial charge is 0.466 e. The first kappa shape index (κ1) is 22.4. The molecule has 3 heterocycles. The predicted octanol–water partition coefficient (Wildman–Crippen LogP) is 2.56. The number of hydrogen-bond donors (Lipinski definition) is 2. The van der Waals surface area contributed by atoms with Gasteiger partial charge in [-0.3, -0.25) is 14.4 Å². The van der Waals surface area contributed by atoms with Crippen LogP contribution in [0.15, 0.2) is 24.3 Å². The van der Waals surface area contributed by atoms with Crippen LogP contribution in [-0.4, -0.2) is 63.1 Å². The molecule has 0 aromatic heterocycles. The predicted molar refractivity (Wildman–Crippen MR) is 119 cm³/mol. The second kappa shape index (κ2) is 8.30. The monoisotopic (exact) mass is 466 g/mol. The number of halogens is 1. The third kappa shape index (κ3) is 3.26. The molecule has 3 fully saturated rings. The van der Waals surface area contributed by atoms with Crippen LogP contribution in [-0.2, 0) is 19.1 Å². The Morgan fingerprint density at radius 1 is 1.42 bits per heavy atom. The van der Waals surface area contributed by atoms with Crippen molar-refractivity contribution >= 4 is 46.8 Å². The lowest BCUT2D eigenvalue weighted by atomic mass is 9.66. The van der Waals surface area contributed by atoms with Gasteiger partial charge in [0.15, 0.2) is 0 Å². The number of thioether (sulfide) groups is 1. The van der Waals surface area contributed by atoms with Crippen molar-refractivity contribution in [2.45, 2.75) is 49.3 Å². The number of nitrogens with one attached hydrogen (secondary N) is 1. The van der Waals surface area contributed by atoms with Crippen molar-refractivity contribution < 1.29 is 24.2 Å². The molecule has 2 N–H and O–H groups in total. The van der Waals surface area contributed by atoms with Gasteiger partial charge in [0, 0.05) is 5.25 Å². The van der Waals surface area contributed by atoms with E-state index in [-0.39, 0.29) is 42.2 Å². The lowest BCUT2D eigenvalue weighted by Gasteiger charge is -2.39. The number of ether oxygens (including phenoxy) is 1. The number of carbonyl (C=O) groups is 3. The molecule has 3 aliphatic rings. The fourth-order valence-corrected chi connectivity index (χ4v) is 8.17. The molecular formula is C22H27ClN2O5S. The highest BCUT2D eigenvalue weighted by Gasteiger charge is 2.76. The second-order valence-corrected chi connectivity index (χ2v) is 10.5. The Morgan fingerprint density at radius 3 is 2.77 bits per heavy atom. The maximum atomic E-state index is 13.7. The number of nitrogens with zero attached hydrogens (tertiary/aromatic N) is 1. The second-order valence-electron chi connectivity index (χ2n) is 8.55. The summed E-state index contributed by atoms with van der Waals surface area (Å²) in [6.45, 7) is 5.46. The van der Waals surface area contributed by atoms with E-state index in [0.717, 1.165) is 6.42 Å². The van der Waals surface area contributed by atoms with Gasteiger partial charge in [-0.05, 0) is 38.3 Å². The van der Waals surface area contributed by atoms with Gasteiger partial charge in [0.1, 0.15) is 6.04 Å². The molecule has 2 bridgehead atoms. The molecule has 0 radical (unpaired) electrons. The summed E-state index contributed by atoms with van der Waals surface area (Å²) < 4.78 is 4.55. The van der Waals surface area contributed by atoms with Gasteiger partial charge in [-0.1, -0.05) is 30.7 Å². The summed E-state index contributed by atoms with van der Waals surface area (Å²) in [7, 11) is 0. The average molecular weight is 467 g/mol. The van der Waals surface area contributed by atoms with Crippen LogP contribution in [0.2, 0.25) is 5.02 Å². The molecule has 3 unspecified atom stereocenters. The number of carbonyl (C=O) groups excluding carboxylic acids is 3. The fraction of sp³-hybridized carbons (Fsp3) is 0.591. The fourth-order valence-electron chi connectivity index (χ4n) is 5.59. The summed E-state index contributed by atoms with van der Waals surface area (Å²) in [6, 6.07) is 5.53. The van der Waals surface area contributed by atoms with Crippen LogP contribution in [0.25, 0.3) is 0 Å². The lowest BCUT2D eigenvalue weighted by molar-refractivity contribution is -0.154. The van der Waals surface area contributed by atoms with Crippen LogP contribution >= 0.6 is 23.4 Å². The SMILES string of the molecule is CCOC(=O)[C@@H]1[C@H]2C(=O)N([C@H](C)CO)C(C(=O)Nc3ccccc3Cl)C23S[C@@H]1CC3C. The molecule has 168 valence electrons. The van der Waals surface area contributed by atoms with Gasteiger partial charge in [0.05, 0.1) is 46.5 Å². The minimum absolute atomic E-state index is 0.0417. The molecule has 1 aromatic carbocycles. The third-order valence-corrected chi connectivity index (χ3v) is 9.27. The molecule has 1 aromatic rings. The zero-order chi connectivity index (χ0) is 22.5. The van der Waals surface area contributed by atoms with Crippen molar-refractivity contribution in [2.24, 2.45) is 17.8 Å². The number of para-hydroxylation sites is 1. The van der Waals surface area contributed by atoms with Crippen LogP contribution in [0, 0.1) is 17.8 Å². The van der Waals surface area contributed by atoms with Gasteiger partial charge >= 0.3 is 5.97 Å². The van der Waals surface area contributed by atoms with Crippen molar-refractivity contribution in [2.75, 3.05) is 18.5 Å². The number of anilines is 1. The Balaban J connectivity index is 1.77. The minimum Gasteiger partial charge on any atom is -0.466 e. The number of likely N-dealkylation sites (tertiary alicyclic amines) is 1. The van der Waals surface area contributed by atoms with E-state index in [1.165, 1.54) is 4.90 Å². The lowest BCUT2D eigenvalue weighted by Crippen LogP contribution is -2.56. The number of aliphatic hydroxyl groups is 1. The molecule has 4 rings (SSSR count). The van der Waals surface area contributed by atoms with Gasteiger partial charge in [0.2, 0.25) is 11.8 Å². The smallest absolute Gasteiger partial charge is 0.310 e. The van der Waals surface area contributed by atoms with Gasteiger partial charge in [0.25, 0.3) is 0 Å². The van der Waals surface area contributed by atoms with Gasteiger partial charge in [-0.2, -0.15) is 0 Å². The Bertz CT molecular complexity index is 914. The number of esters is 1. The Morgan fingerprint density at radius 2 is 2.13 bits per heavy atom. The molecule has 0 aliphatic carbocycles. The standard InChI is InChI=1S/C22H27ClN2O5S/c1-4-30-21(29)16-15-9-11(2)22(31-15)17(16)20(28)25(12(3)10-26)18(22)19(27)24-14-8-6-5-7-13(14)23/h5-8,11-12,15-18,26H,4,9-10H2,1-3H3,(H,24,27)/t11?,12-,15-,16+,17+,18?,22?/m1/s1. The van der Waals surface area contributed by atoms with E-state index in [0.29, 0.717) is 10.7 Å². The summed E-state index contributed by atoms with van der Waals surface area (Å²) >= 11 is 7.81. The number of rotatable bonds is 6. The Kier molecular flexibility index (Phi) is 6.00. The highest BCUT2D eigenvalue weighted by Crippen LogP contribution is 2.68. The van der Waals surface area contributed by atoms with Crippen molar-refractivity contribution in [1.29, 1.82) is 0 Å². The van der Waals surface area contributed by atoms with Crippen LogP contribution in [0.5, 0.6) is 0 Å². The number of benzene rings is 1. The molecule has 9 heteroatoms. The molecule has 1 spiro atoms. The van der Waals surface area contributed by atoms with Crippen molar-refractivity contribution in [3.8, 4) is 0 Å². The number of fused-ring (bicyclic) bond motifs is 1.